The van der Waals surface area contributed by atoms with Gasteiger partial charge in [-0.2, -0.15) is 0 Å². The van der Waals surface area contributed by atoms with E-state index in [2.05, 4.69) is 16.9 Å². The fourth-order valence-corrected chi connectivity index (χ4v) is 1.42. The first kappa shape index (κ1) is 8.63. The third kappa shape index (κ3) is 1.56. The first-order valence-electron chi connectivity index (χ1n) is 4.69. The number of aryl methyl sites for hydroxylation is 1. The summed E-state index contributed by atoms with van der Waals surface area (Å²) in [5.74, 6) is 0.980. The van der Waals surface area contributed by atoms with Crippen LogP contribution in [0.25, 0.3) is 0 Å². The standard InChI is InChI=1S/C10H15N3/c1-7-5-8(6-11)13-9(12-7)10(2)3-4-10/h5H,3-4,6,11H2,1-2H3. The summed E-state index contributed by atoms with van der Waals surface area (Å²) in [6, 6.07) is 1.95. The molecule has 2 rings (SSSR count). The van der Waals surface area contributed by atoms with Gasteiger partial charge in [-0.25, -0.2) is 9.97 Å². The van der Waals surface area contributed by atoms with Crippen LogP contribution in [-0.4, -0.2) is 9.97 Å². The zero-order valence-corrected chi connectivity index (χ0v) is 8.17. The lowest BCUT2D eigenvalue weighted by Crippen LogP contribution is -2.11. The molecule has 0 bridgehead atoms. The number of hydrogen-bond acceptors (Lipinski definition) is 3. The quantitative estimate of drug-likeness (QED) is 0.740. The number of nitrogens with zero attached hydrogens (tertiary/aromatic N) is 2. The van der Waals surface area contributed by atoms with Crippen molar-refractivity contribution in [2.45, 2.75) is 38.6 Å². The summed E-state index contributed by atoms with van der Waals surface area (Å²) >= 11 is 0. The second-order valence-electron chi connectivity index (χ2n) is 4.09. The smallest absolute Gasteiger partial charge is 0.134 e. The van der Waals surface area contributed by atoms with Crippen LogP contribution in [-0.2, 0) is 12.0 Å². The summed E-state index contributed by atoms with van der Waals surface area (Å²) in [6.45, 7) is 4.71. The topological polar surface area (TPSA) is 51.8 Å². The molecule has 0 atom stereocenters. The number of aromatic nitrogens is 2. The normalized spacial score (nSPS) is 18.7. The Morgan fingerprint density at radius 1 is 1.46 bits per heavy atom. The van der Waals surface area contributed by atoms with Crippen molar-refractivity contribution in [2.24, 2.45) is 5.73 Å². The fourth-order valence-electron chi connectivity index (χ4n) is 1.42. The molecular weight excluding hydrogens is 162 g/mol. The molecule has 0 aromatic carbocycles. The van der Waals surface area contributed by atoms with Gasteiger partial charge < -0.3 is 5.73 Å². The highest BCUT2D eigenvalue weighted by molar-refractivity contribution is 5.20. The molecule has 0 spiro atoms. The van der Waals surface area contributed by atoms with Crippen molar-refractivity contribution in [1.29, 1.82) is 0 Å². The van der Waals surface area contributed by atoms with E-state index in [-0.39, 0.29) is 5.41 Å². The highest BCUT2D eigenvalue weighted by Crippen LogP contribution is 2.45. The summed E-state index contributed by atoms with van der Waals surface area (Å²) < 4.78 is 0. The molecule has 1 fully saturated rings. The molecule has 1 aliphatic carbocycles. The minimum atomic E-state index is 0.246. The van der Waals surface area contributed by atoms with E-state index in [0.29, 0.717) is 6.54 Å². The minimum Gasteiger partial charge on any atom is -0.325 e. The van der Waals surface area contributed by atoms with Crippen LogP contribution in [0.3, 0.4) is 0 Å². The highest BCUT2D eigenvalue weighted by atomic mass is 14.9. The molecule has 0 amide bonds. The summed E-state index contributed by atoms with van der Waals surface area (Å²) in [6.07, 6.45) is 2.42. The van der Waals surface area contributed by atoms with Gasteiger partial charge in [0.25, 0.3) is 0 Å². The second kappa shape index (κ2) is 2.77. The third-order valence-electron chi connectivity index (χ3n) is 2.66. The maximum atomic E-state index is 5.56. The Balaban J connectivity index is 2.40. The molecule has 0 unspecified atom stereocenters. The first-order valence-corrected chi connectivity index (χ1v) is 4.69. The van der Waals surface area contributed by atoms with Gasteiger partial charge in [-0.1, -0.05) is 6.92 Å². The summed E-state index contributed by atoms with van der Waals surface area (Å²) in [5, 5.41) is 0. The minimum absolute atomic E-state index is 0.246. The Kier molecular flexibility index (Phi) is 1.84. The molecule has 3 heteroatoms. The zero-order valence-electron chi connectivity index (χ0n) is 8.17. The molecule has 1 saturated carbocycles. The van der Waals surface area contributed by atoms with Gasteiger partial charge in [0.15, 0.2) is 0 Å². The zero-order chi connectivity index (χ0) is 9.47. The predicted molar refractivity (Wildman–Crippen MR) is 51.2 cm³/mol. The molecule has 1 aliphatic rings. The van der Waals surface area contributed by atoms with Crippen molar-refractivity contribution in [3.8, 4) is 0 Å². The summed E-state index contributed by atoms with van der Waals surface area (Å²) in [4.78, 5) is 8.90. The Bertz CT molecular complexity index is 329. The van der Waals surface area contributed by atoms with E-state index in [0.717, 1.165) is 17.2 Å². The lowest BCUT2D eigenvalue weighted by molar-refractivity contribution is 0.690. The lowest BCUT2D eigenvalue weighted by Gasteiger charge is -2.08. The van der Waals surface area contributed by atoms with Gasteiger partial charge in [-0.15, -0.1) is 0 Å². The van der Waals surface area contributed by atoms with Crippen LogP contribution in [0.5, 0.6) is 0 Å². The van der Waals surface area contributed by atoms with Gasteiger partial charge in [-0.05, 0) is 25.8 Å². The van der Waals surface area contributed by atoms with Crippen molar-refractivity contribution in [3.63, 3.8) is 0 Å². The van der Waals surface area contributed by atoms with Crippen LogP contribution in [0.4, 0.5) is 0 Å². The molecule has 1 aromatic heterocycles. The van der Waals surface area contributed by atoms with Gasteiger partial charge in [0, 0.05) is 17.7 Å². The molecule has 0 radical (unpaired) electrons. The van der Waals surface area contributed by atoms with Crippen molar-refractivity contribution in [1.82, 2.24) is 9.97 Å². The van der Waals surface area contributed by atoms with E-state index in [9.17, 15) is 0 Å². The van der Waals surface area contributed by atoms with E-state index >= 15 is 0 Å². The van der Waals surface area contributed by atoms with Crippen molar-refractivity contribution in [3.05, 3.63) is 23.3 Å². The molecule has 0 saturated heterocycles. The highest BCUT2D eigenvalue weighted by Gasteiger charge is 2.42. The van der Waals surface area contributed by atoms with Crippen LogP contribution in [0.1, 0.15) is 37.0 Å². The van der Waals surface area contributed by atoms with E-state index in [1.165, 1.54) is 12.8 Å². The van der Waals surface area contributed by atoms with Gasteiger partial charge >= 0.3 is 0 Å². The molecule has 0 aliphatic heterocycles. The van der Waals surface area contributed by atoms with E-state index in [1.54, 1.807) is 0 Å². The number of rotatable bonds is 2. The third-order valence-corrected chi connectivity index (χ3v) is 2.66. The average Bonchev–Trinajstić information content (AvgIpc) is 2.84. The Hall–Kier alpha value is -0.960. The van der Waals surface area contributed by atoms with E-state index in [4.69, 9.17) is 5.73 Å². The predicted octanol–water partition coefficient (Wildman–Crippen LogP) is 1.30. The van der Waals surface area contributed by atoms with Crippen molar-refractivity contribution < 1.29 is 0 Å². The van der Waals surface area contributed by atoms with Gasteiger partial charge in [0.05, 0.1) is 5.69 Å². The SMILES string of the molecule is Cc1cc(CN)nc(C2(C)CC2)n1. The maximum Gasteiger partial charge on any atom is 0.134 e. The van der Waals surface area contributed by atoms with Gasteiger partial charge in [-0.3, -0.25) is 0 Å². The Labute approximate surface area is 78.4 Å². The van der Waals surface area contributed by atoms with Crippen LogP contribution in [0.2, 0.25) is 0 Å². The number of nitrogens with two attached hydrogens (primary N) is 1. The molecule has 2 N–H and O–H groups in total. The second-order valence-corrected chi connectivity index (χ2v) is 4.09. The maximum absolute atomic E-state index is 5.56. The van der Waals surface area contributed by atoms with E-state index < -0.39 is 0 Å². The van der Waals surface area contributed by atoms with Crippen LogP contribution >= 0.6 is 0 Å². The van der Waals surface area contributed by atoms with Gasteiger partial charge in [0.2, 0.25) is 0 Å². The van der Waals surface area contributed by atoms with Crippen LogP contribution < -0.4 is 5.73 Å². The molecule has 13 heavy (non-hydrogen) atoms. The number of hydrogen-bond donors (Lipinski definition) is 1. The summed E-state index contributed by atoms with van der Waals surface area (Å²) in [5.41, 5.74) is 7.79. The summed E-state index contributed by atoms with van der Waals surface area (Å²) in [7, 11) is 0. The molecular formula is C10H15N3. The van der Waals surface area contributed by atoms with Crippen molar-refractivity contribution in [2.75, 3.05) is 0 Å². The molecule has 70 valence electrons. The van der Waals surface area contributed by atoms with Crippen LogP contribution in [0.15, 0.2) is 6.07 Å². The van der Waals surface area contributed by atoms with Crippen molar-refractivity contribution >= 4 is 0 Å². The van der Waals surface area contributed by atoms with Crippen LogP contribution in [0, 0.1) is 6.92 Å². The Morgan fingerprint density at radius 2 is 2.15 bits per heavy atom. The Morgan fingerprint density at radius 3 is 2.69 bits per heavy atom. The molecule has 1 aromatic rings. The first-order chi connectivity index (χ1) is 6.14. The van der Waals surface area contributed by atoms with E-state index in [1.807, 2.05) is 13.0 Å². The lowest BCUT2D eigenvalue weighted by atomic mass is 10.1. The average molecular weight is 177 g/mol. The fraction of sp³-hybridized carbons (Fsp3) is 0.600. The largest absolute Gasteiger partial charge is 0.325 e. The van der Waals surface area contributed by atoms with Gasteiger partial charge in [0.1, 0.15) is 5.82 Å². The molecule has 3 nitrogen and oxygen atoms in total. The molecule has 1 heterocycles. The monoisotopic (exact) mass is 177 g/mol.